The molecule has 1 atom stereocenters. The van der Waals surface area contributed by atoms with E-state index in [0.717, 1.165) is 27.1 Å². The van der Waals surface area contributed by atoms with E-state index in [4.69, 9.17) is 11.6 Å². The van der Waals surface area contributed by atoms with Crippen molar-refractivity contribution >= 4 is 43.5 Å². The van der Waals surface area contributed by atoms with E-state index < -0.39 is 17.0 Å². The van der Waals surface area contributed by atoms with Gasteiger partial charge >= 0.3 is 0 Å². The Bertz CT molecular complexity index is 587. The van der Waals surface area contributed by atoms with Crippen molar-refractivity contribution in [3.8, 4) is 0 Å². The first-order chi connectivity index (χ1) is 8.49. The van der Waals surface area contributed by atoms with Crippen LogP contribution in [0.5, 0.6) is 0 Å². The van der Waals surface area contributed by atoms with Crippen molar-refractivity contribution in [3.63, 3.8) is 0 Å². The molecule has 0 spiro atoms. The lowest BCUT2D eigenvalue weighted by Gasteiger charge is -2.13. The maximum Gasteiger partial charge on any atom is 0.128 e. The topological polar surface area (TPSA) is 0 Å². The van der Waals surface area contributed by atoms with Crippen LogP contribution in [0.15, 0.2) is 45.3 Å². The third-order valence-corrected chi connectivity index (χ3v) is 4.12. The number of alkyl halides is 1. The van der Waals surface area contributed by atoms with Crippen LogP contribution in [0.3, 0.4) is 0 Å². The maximum absolute atomic E-state index is 13.6. The van der Waals surface area contributed by atoms with Gasteiger partial charge in [0.2, 0.25) is 0 Å². The molecule has 2 rings (SSSR count). The second-order valence-corrected chi connectivity index (χ2v) is 5.90. The van der Waals surface area contributed by atoms with Gasteiger partial charge in [0.1, 0.15) is 11.6 Å². The minimum Gasteiger partial charge on any atom is -0.207 e. The highest BCUT2D eigenvalue weighted by Crippen LogP contribution is 2.36. The lowest BCUT2D eigenvalue weighted by atomic mass is 10.0. The predicted molar refractivity (Wildman–Crippen MR) is 75.9 cm³/mol. The Hall–Kier alpha value is -0.450. The number of benzene rings is 2. The Labute approximate surface area is 125 Å². The fourth-order valence-corrected chi connectivity index (χ4v) is 3.35. The van der Waals surface area contributed by atoms with Gasteiger partial charge in [0, 0.05) is 14.5 Å². The minimum atomic E-state index is -0.747. The van der Waals surface area contributed by atoms with Crippen molar-refractivity contribution in [3.05, 3.63) is 68.1 Å². The van der Waals surface area contributed by atoms with Gasteiger partial charge in [-0.3, -0.25) is 0 Å². The Morgan fingerprint density at radius 3 is 2.33 bits per heavy atom. The zero-order chi connectivity index (χ0) is 13.3. The molecule has 0 saturated carbocycles. The largest absolute Gasteiger partial charge is 0.207 e. The summed E-state index contributed by atoms with van der Waals surface area (Å²) >= 11 is 12.9. The molecule has 0 fully saturated rings. The van der Waals surface area contributed by atoms with E-state index in [-0.39, 0.29) is 5.56 Å². The van der Waals surface area contributed by atoms with Crippen molar-refractivity contribution in [1.82, 2.24) is 0 Å². The van der Waals surface area contributed by atoms with Crippen LogP contribution in [-0.2, 0) is 0 Å². The van der Waals surface area contributed by atoms with Gasteiger partial charge in [-0.1, -0.05) is 37.9 Å². The maximum atomic E-state index is 13.6. The first-order valence-corrected chi connectivity index (χ1v) is 7.05. The molecule has 2 aromatic rings. The molecular formula is C13H7Br2ClF2. The van der Waals surface area contributed by atoms with Crippen LogP contribution < -0.4 is 0 Å². The molecule has 0 bridgehead atoms. The van der Waals surface area contributed by atoms with Gasteiger partial charge in [-0.2, -0.15) is 0 Å². The van der Waals surface area contributed by atoms with Crippen LogP contribution in [0.25, 0.3) is 0 Å². The summed E-state index contributed by atoms with van der Waals surface area (Å²) in [4.78, 5) is 0. The summed E-state index contributed by atoms with van der Waals surface area (Å²) in [5, 5.41) is -0.747. The van der Waals surface area contributed by atoms with Crippen molar-refractivity contribution in [2.24, 2.45) is 0 Å². The first-order valence-electron chi connectivity index (χ1n) is 5.03. The Kier molecular flexibility index (Phi) is 4.41. The summed E-state index contributed by atoms with van der Waals surface area (Å²) < 4.78 is 28.4. The summed E-state index contributed by atoms with van der Waals surface area (Å²) in [6, 6.07) is 8.62. The summed E-state index contributed by atoms with van der Waals surface area (Å²) in [6.07, 6.45) is 0. The summed E-state index contributed by atoms with van der Waals surface area (Å²) in [6.45, 7) is 0. The van der Waals surface area contributed by atoms with Crippen molar-refractivity contribution in [2.45, 2.75) is 5.38 Å². The van der Waals surface area contributed by atoms with Crippen molar-refractivity contribution < 1.29 is 8.78 Å². The van der Waals surface area contributed by atoms with E-state index in [1.165, 1.54) is 0 Å². The minimum absolute atomic E-state index is 0.125. The molecule has 0 N–H and O–H groups in total. The third-order valence-electron chi connectivity index (χ3n) is 2.47. The molecule has 18 heavy (non-hydrogen) atoms. The lowest BCUT2D eigenvalue weighted by molar-refractivity contribution is 0.587. The fraction of sp³-hybridized carbons (Fsp3) is 0.0769. The average Bonchev–Trinajstić information content (AvgIpc) is 2.31. The van der Waals surface area contributed by atoms with Crippen LogP contribution in [0.4, 0.5) is 8.78 Å². The summed E-state index contributed by atoms with van der Waals surface area (Å²) in [5.41, 5.74) is 0.809. The number of hydrogen-bond donors (Lipinski definition) is 0. The first kappa shape index (κ1) is 14.0. The molecule has 0 aromatic heterocycles. The highest BCUT2D eigenvalue weighted by Gasteiger charge is 2.18. The van der Waals surface area contributed by atoms with Gasteiger partial charge in [0.25, 0.3) is 0 Å². The normalized spacial score (nSPS) is 12.5. The molecule has 0 nitrogen and oxygen atoms in total. The molecule has 1 unspecified atom stereocenters. The SMILES string of the molecule is Fc1ccc(F)c(C(Cl)c2ccc(Br)cc2Br)c1. The zero-order valence-corrected chi connectivity index (χ0v) is 12.9. The van der Waals surface area contributed by atoms with Crippen LogP contribution >= 0.6 is 43.5 Å². The van der Waals surface area contributed by atoms with Gasteiger partial charge in [0.05, 0.1) is 5.38 Å². The van der Waals surface area contributed by atoms with E-state index >= 15 is 0 Å². The van der Waals surface area contributed by atoms with E-state index in [9.17, 15) is 8.78 Å². The average molecular weight is 396 g/mol. The number of hydrogen-bond acceptors (Lipinski definition) is 0. The third kappa shape index (κ3) is 2.92. The standard InChI is InChI=1S/C13H7Br2ClF2/c14-7-1-3-9(11(15)5-7)13(16)10-6-8(17)2-4-12(10)18/h1-6,13H. The molecule has 0 aliphatic rings. The monoisotopic (exact) mass is 394 g/mol. The number of halogens is 5. The zero-order valence-electron chi connectivity index (χ0n) is 8.93. The van der Waals surface area contributed by atoms with Crippen molar-refractivity contribution in [2.75, 3.05) is 0 Å². The van der Waals surface area contributed by atoms with Gasteiger partial charge in [-0.05, 0) is 35.9 Å². The van der Waals surface area contributed by atoms with Gasteiger partial charge in [-0.25, -0.2) is 8.78 Å². The molecule has 94 valence electrons. The van der Waals surface area contributed by atoms with E-state index in [1.807, 2.05) is 6.07 Å². The molecule has 0 heterocycles. The van der Waals surface area contributed by atoms with Crippen LogP contribution in [0.1, 0.15) is 16.5 Å². The quantitative estimate of drug-likeness (QED) is 0.561. The molecule has 0 amide bonds. The molecule has 0 aliphatic carbocycles. The summed E-state index contributed by atoms with van der Waals surface area (Å²) in [5.74, 6) is -1.03. The molecule has 0 radical (unpaired) electrons. The van der Waals surface area contributed by atoms with E-state index in [1.54, 1.807) is 12.1 Å². The highest BCUT2D eigenvalue weighted by atomic mass is 79.9. The molecule has 0 saturated heterocycles. The number of rotatable bonds is 2. The fourth-order valence-electron chi connectivity index (χ4n) is 1.58. The van der Waals surface area contributed by atoms with Crippen LogP contribution in [0, 0.1) is 11.6 Å². The molecular weight excluding hydrogens is 389 g/mol. The molecule has 0 aliphatic heterocycles. The highest BCUT2D eigenvalue weighted by molar-refractivity contribution is 9.11. The van der Waals surface area contributed by atoms with Crippen LogP contribution in [-0.4, -0.2) is 0 Å². The van der Waals surface area contributed by atoms with Gasteiger partial charge in [-0.15, -0.1) is 11.6 Å². The Morgan fingerprint density at radius 1 is 0.944 bits per heavy atom. The summed E-state index contributed by atoms with van der Waals surface area (Å²) in [7, 11) is 0. The Morgan fingerprint density at radius 2 is 1.67 bits per heavy atom. The lowest BCUT2D eigenvalue weighted by Crippen LogP contribution is -1.99. The predicted octanol–water partition coefficient (Wildman–Crippen LogP) is 5.82. The Balaban J connectivity index is 2.47. The van der Waals surface area contributed by atoms with Gasteiger partial charge in [0.15, 0.2) is 0 Å². The molecule has 5 heteroatoms. The van der Waals surface area contributed by atoms with Crippen molar-refractivity contribution in [1.29, 1.82) is 0 Å². The molecule has 2 aromatic carbocycles. The van der Waals surface area contributed by atoms with Crippen LogP contribution in [0.2, 0.25) is 0 Å². The smallest absolute Gasteiger partial charge is 0.128 e. The van der Waals surface area contributed by atoms with E-state index in [0.29, 0.717) is 5.56 Å². The van der Waals surface area contributed by atoms with Gasteiger partial charge < -0.3 is 0 Å². The second-order valence-electron chi connectivity index (χ2n) is 3.69. The second kappa shape index (κ2) is 5.68. The van der Waals surface area contributed by atoms with E-state index in [2.05, 4.69) is 31.9 Å².